The van der Waals surface area contributed by atoms with Gasteiger partial charge in [0.1, 0.15) is 11.4 Å². The largest absolute Gasteiger partial charge is 0.493 e. The molecule has 1 heterocycles. The fourth-order valence-corrected chi connectivity index (χ4v) is 4.04. The zero-order valence-corrected chi connectivity index (χ0v) is 20.1. The van der Waals surface area contributed by atoms with Crippen molar-refractivity contribution in [2.75, 3.05) is 11.9 Å². The number of amides is 2. The number of rotatable bonds is 8. The Morgan fingerprint density at radius 1 is 0.853 bits per heavy atom. The summed E-state index contributed by atoms with van der Waals surface area (Å²) in [6, 6.07) is 22.9. The molecule has 174 valence electrons. The van der Waals surface area contributed by atoms with Crippen molar-refractivity contribution >= 4 is 23.1 Å². The van der Waals surface area contributed by atoms with Crippen molar-refractivity contribution in [1.82, 2.24) is 4.90 Å². The summed E-state index contributed by atoms with van der Waals surface area (Å²) in [6.07, 6.45) is 0. The molecule has 1 aliphatic heterocycles. The average Bonchev–Trinajstić information content (AvgIpc) is 3.02. The van der Waals surface area contributed by atoms with Gasteiger partial charge in [-0.1, -0.05) is 62.4 Å². The highest BCUT2D eigenvalue weighted by Gasteiger charge is 2.39. The number of ether oxygens (including phenoxy) is 1. The molecular formula is C29H30N2O3. The molecule has 0 unspecified atom stereocenters. The highest BCUT2D eigenvalue weighted by molar-refractivity contribution is 6.36. The molecule has 0 fully saturated rings. The molecule has 0 saturated heterocycles. The maximum Gasteiger partial charge on any atom is 0.278 e. The van der Waals surface area contributed by atoms with E-state index >= 15 is 0 Å². The van der Waals surface area contributed by atoms with E-state index < -0.39 is 0 Å². The van der Waals surface area contributed by atoms with Gasteiger partial charge in [0.2, 0.25) is 0 Å². The molecular weight excluding hydrogens is 424 g/mol. The summed E-state index contributed by atoms with van der Waals surface area (Å²) in [6.45, 7) is 9.03. The lowest BCUT2D eigenvalue weighted by atomic mass is 10.0. The van der Waals surface area contributed by atoms with Gasteiger partial charge in [0.15, 0.2) is 0 Å². The molecule has 34 heavy (non-hydrogen) atoms. The SMILES string of the molecule is Cc1cc(C)cc(NC2=C(c3ccc(OCC(C)C)cc3)C(=O)N(Cc3ccccc3)C2=O)c1. The Morgan fingerprint density at radius 2 is 1.50 bits per heavy atom. The summed E-state index contributed by atoms with van der Waals surface area (Å²) < 4.78 is 5.79. The molecule has 3 aromatic rings. The molecule has 0 spiro atoms. The van der Waals surface area contributed by atoms with E-state index in [-0.39, 0.29) is 18.4 Å². The Labute approximate surface area is 201 Å². The predicted molar refractivity (Wildman–Crippen MR) is 135 cm³/mol. The Hall–Kier alpha value is -3.86. The van der Waals surface area contributed by atoms with Crippen LogP contribution in [0.1, 0.15) is 36.1 Å². The summed E-state index contributed by atoms with van der Waals surface area (Å²) >= 11 is 0. The molecule has 0 aromatic heterocycles. The first-order valence-corrected chi connectivity index (χ1v) is 11.5. The third kappa shape index (κ3) is 5.20. The van der Waals surface area contributed by atoms with Gasteiger partial charge >= 0.3 is 0 Å². The maximum absolute atomic E-state index is 13.5. The highest BCUT2D eigenvalue weighted by atomic mass is 16.5. The molecule has 3 aromatic carbocycles. The van der Waals surface area contributed by atoms with Crippen LogP contribution in [0.4, 0.5) is 5.69 Å². The van der Waals surface area contributed by atoms with Crippen molar-refractivity contribution in [3.8, 4) is 5.75 Å². The smallest absolute Gasteiger partial charge is 0.278 e. The van der Waals surface area contributed by atoms with E-state index in [0.717, 1.165) is 28.1 Å². The van der Waals surface area contributed by atoms with Crippen LogP contribution in [0.3, 0.4) is 0 Å². The molecule has 1 N–H and O–H groups in total. The van der Waals surface area contributed by atoms with Crippen molar-refractivity contribution < 1.29 is 14.3 Å². The van der Waals surface area contributed by atoms with Crippen LogP contribution in [-0.4, -0.2) is 23.3 Å². The fraction of sp³-hybridized carbons (Fsp3) is 0.241. The van der Waals surface area contributed by atoms with Crippen LogP contribution < -0.4 is 10.1 Å². The number of benzene rings is 3. The van der Waals surface area contributed by atoms with E-state index in [1.807, 2.05) is 80.6 Å². The third-order valence-corrected chi connectivity index (χ3v) is 5.57. The summed E-state index contributed by atoms with van der Waals surface area (Å²) in [5, 5.41) is 3.26. The summed E-state index contributed by atoms with van der Waals surface area (Å²) in [5.74, 6) is 0.510. The van der Waals surface area contributed by atoms with Crippen molar-refractivity contribution in [2.45, 2.75) is 34.2 Å². The molecule has 4 rings (SSSR count). The van der Waals surface area contributed by atoms with Crippen molar-refractivity contribution in [2.24, 2.45) is 5.92 Å². The number of anilines is 1. The first kappa shape index (κ1) is 23.3. The number of hydrogen-bond acceptors (Lipinski definition) is 4. The fourth-order valence-electron chi connectivity index (χ4n) is 4.04. The van der Waals surface area contributed by atoms with Crippen LogP contribution in [0.2, 0.25) is 0 Å². The molecule has 0 radical (unpaired) electrons. The molecule has 5 heteroatoms. The monoisotopic (exact) mass is 454 g/mol. The van der Waals surface area contributed by atoms with Gasteiger partial charge in [-0.2, -0.15) is 0 Å². The number of hydrogen-bond donors (Lipinski definition) is 1. The second-order valence-corrected chi connectivity index (χ2v) is 9.16. The quantitative estimate of drug-likeness (QED) is 0.442. The van der Waals surface area contributed by atoms with Crippen LogP contribution in [0, 0.1) is 19.8 Å². The van der Waals surface area contributed by atoms with E-state index in [0.29, 0.717) is 29.4 Å². The number of nitrogens with one attached hydrogen (secondary N) is 1. The molecule has 0 aliphatic carbocycles. The van der Waals surface area contributed by atoms with Gasteiger partial charge in [-0.15, -0.1) is 0 Å². The normalized spacial score (nSPS) is 13.7. The lowest BCUT2D eigenvalue weighted by Crippen LogP contribution is -2.32. The lowest BCUT2D eigenvalue weighted by molar-refractivity contribution is -0.137. The molecule has 0 saturated carbocycles. The Balaban J connectivity index is 1.70. The number of imide groups is 1. The minimum absolute atomic E-state index is 0.218. The minimum Gasteiger partial charge on any atom is -0.493 e. The predicted octanol–water partition coefficient (Wildman–Crippen LogP) is 5.73. The van der Waals surface area contributed by atoms with Gasteiger partial charge in [0.25, 0.3) is 11.8 Å². The first-order chi connectivity index (χ1) is 16.3. The second kappa shape index (κ2) is 9.96. The van der Waals surface area contributed by atoms with Gasteiger partial charge in [-0.05, 0) is 66.3 Å². The van der Waals surface area contributed by atoms with Crippen molar-refractivity contribution in [1.29, 1.82) is 0 Å². The lowest BCUT2D eigenvalue weighted by Gasteiger charge is -2.15. The van der Waals surface area contributed by atoms with E-state index in [1.54, 1.807) is 0 Å². The zero-order chi connectivity index (χ0) is 24.2. The Bertz CT molecular complexity index is 1210. The summed E-state index contributed by atoms with van der Waals surface area (Å²) in [4.78, 5) is 28.3. The topological polar surface area (TPSA) is 58.6 Å². The van der Waals surface area contributed by atoms with E-state index in [2.05, 4.69) is 25.2 Å². The highest BCUT2D eigenvalue weighted by Crippen LogP contribution is 2.32. The molecule has 0 atom stereocenters. The third-order valence-electron chi connectivity index (χ3n) is 5.57. The van der Waals surface area contributed by atoms with Crippen LogP contribution in [0.25, 0.3) is 5.57 Å². The van der Waals surface area contributed by atoms with Gasteiger partial charge < -0.3 is 10.1 Å². The maximum atomic E-state index is 13.5. The van der Waals surface area contributed by atoms with Crippen LogP contribution >= 0.6 is 0 Å². The molecule has 2 amide bonds. The zero-order valence-electron chi connectivity index (χ0n) is 20.1. The van der Waals surface area contributed by atoms with Crippen LogP contribution in [0.5, 0.6) is 5.75 Å². The standard InChI is InChI=1S/C29H30N2O3/c1-19(2)18-34-25-12-10-23(11-13-25)26-27(30-24-15-20(3)14-21(4)16-24)29(33)31(28(26)32)17-22-8-6-5-7-9-22/h5-16,19,30H,17-18H2,1-4H3. The Kier molecular flexibility index (Phi) is 6.82. The van der Waals surface area contributed by atoms with Crippen LogP contribution in [-0.2, 0) is 16.1 Å². The van der Waals surface area contributed by atoms with Crippen molar-refractivity contribution in [3.63, 3.8) is 0 Å². The molecule has 1 aliphatic rings. The first-order valence-electron chi connectivity index (χ1n) is 11.5. The number of nitrogens with zero attached hydrogens (tertiary/aromatic N) is 1. The average molecular weight is 455 g/mol. The number of aryl methyl sites for hydroxylation is 2. The van der Waals surface area contributed by atoms with Gasteiger partial charge in [0, 0.05) is 5.69 Å². The number of carbonyl (C=O) groups is 2. The second-order valence-electron chi connectivity index (χ2n) is 9.16. The van der Waals surface area contributed by atoms with Crippen molar-refractivity contribution in [3.05, 3.63) is 101 Å². The molecule has 0 bridgehead atoms. The van der Waals surface area contributed by atoms with E-state index in [1.165, 1.54) is 4.90 Å². The summed E-state index contributed by atoms with van der Waals surface area (Å²) in [5.41, 5.74) is 5.18. The van der Waals surface area contributed by atoms with Gasteiger partial charge in [-0.25, -0.2) is 0 Å². The van der Waals surface area contributed by atoms with Gasteiger partial charge in [-0.3, -0.25) is 14.5 Å². The minimum atomic E-state index is -0.330. The van der Waals surface area contributed by atoms with E-state index in [9.17, 15) is 9.59 Å². The van der Waals surface area contributed by atoms with Gasteiger partial charge in [0.05, 0.1) is 18.7 Å². The van der Waals surface area contributed by atoms with E-state index in [4.69, 9.17) is 4.74 Å². The Morgan fingerprint density at radius 3 is 2.12 bits per heavy atom. The summed E-state index contributed by atoms with van der Waals surface area (Å²) in [7, 11) is 0. The number of carbonyl (C=O) groups excluding carboxylic acids is 2. The molecule has 5 nitrogen and oxygen atoms in total. The van der Waals surface area contributed by atoms with Crippen LogP contribution in [0.15, 0.2) is 78.5 Å².